The van der Waals surface area contributed by atoms with Crippen molar-refractivity contribution in [1.29, 1.82) is 0 Å². The summed E-state index contributed by atoms with van der Waals surface area (Å²) < 4.78 is 22.7. The lowest BCUT2D eigenvalue weighted by atomic mass is 10.0. The zero-order valence-corrected chi connectivity index (χ0v) is 29.2. The molecule has 1 aliphatic heterocycles. The Balaban J connectivity index is 0.00000520. The van der Waals surface area contributed by atoms with Gasteiger partial charge in [-0.3, -0.25) is 5.32 Å². The molecule has 1 aliphatic rings. The molecule has 3 heterocycles. The summed E-state index contributed by atoms with van der Waals surface area (Å²) in [5, 5.41) is 4.18. The number of ether oxygens (including phenoxy) is 4. The van der Waals surface area contributed by atoms with E-state index in [0.717, 1.165) is 30.0 Å². The van der Waals surface area contributed by atoms with E-state index in [9.17, 15) is 9.59 Å². The summed E-state index contributed by atoms with van der Waals surface area (Å²) in [5.41, 5.74) is 2.13. The Morgan fingerprint density at radius 1 is 1.00 bits per heavy atom. The van der Waals surface area contributed by atoms with Crippen molar-refractivity contribution in [3.05, 3.63) is 110 Å². The predicted molar refractivity (Wildman–Crippen MR) is 183 cm³/mol. The number of hydrogen-bond acceptors (Lipinski definition) is 10. The van der Waals surface area contributed by atoms with E-state index in [1.54, 1.807) is 44.8 Å². The summed E-state index contributed by atoms with van der Waals surface area (Å²) in [5.74, 6) is 0.551. The topological polar surface area (TPSA) is 130 Å². The van der Waals surface area contributed by atoms with Crippen LogP contribution in [0.25, 0.3) is 0 Å². The van der Waals surface area contributed by atoms with Gasteiger partial charge in [-0.1, -0.05) is 59.6 Å². The third-order valence-corrected chi connectivity index (χ3v) is 9.82. The fourth-order valence-electron chi connectivity index (χ4n) is 5.54. The lowest BCUT2D eigenvalue weighted by Gasteiger charge is -2.20. The van der Waals surface area contributed by atoms with Crippen LogP contribution in [0.4, 0.5) is 0 Å². The number of rotatable bonds is 14. The van der Waals surface area contributed by atoms with E-state index in [0.29, 0.717) is 56.6 Å². The van der Waals surface area contributed by atoms with Crippen molar-refractivity contribution in [3.8, 4) is 11.5 Å². The Labute approximate surface area is 294 Å². The van der Waals surface area contributed by atoms with E-state index in [-0.39, 0.29) is 17.9 Å². The molecule has 10 nitrogen and oxygen atoms in total. The summed E-state index contributed by atoms with van der Waals surface area (Å²) in [6, 6.07) is 17.8. The van der Waals surface area contributed by atoms with Crippen LogP contribution in [-0.4, -0.2) is 63.3 Å². The molecule has 1 fully saturated rings. The molecule has 0 amide bonds. The Hall–Kier alpha value is -3.71. The first kappa shape index (κ1) is 37.1. The van der Waals surface area contributed by atoms with Crippen molar-refractivity contribution < 1.29 is 39.0 Å². The van der Waals surface area contributed by atoms with Crippen molar-refractivity contribution in [1.82, 2.24) is 10.2 Å². The van der Waals surface area contributed by atoms with E-state index >= 15 is 0 Å². The third-order valence-electron chi connectivity index (χ3n) is 8.08. The van der Waals surface area contributed by atoms with Gasteiger partial charge >= 0.3 is 11.9 Å². The van der Waals surface area contributed by atoms with Crippen LogP contribution >= 0.6 is 34.5 Å². The van der Waals surface area contributed by atoms with Crippen LogP contribution in [0.2, 0.25) is 10.0 Å². The van der Waals surface area contributed by atoms with Crippen LogP contribution in [0.1, 0.15) is 49.8 Å². The molecule has 13 heteroatoms. The van der Waals surface area contributed by atoms with Gasteiger partial charge in [-0.2, -0.15) is 0 Å². The van der Waals surface area contributed by atoms with Crippen LogP contribution < -0.4 is 19.8 Å². The first-order valence-corrected chi connectivity index (χ1v) is 16.8. The summed E-state index contributed by atoms with van der Waals surface area (Å²) >= 11 is 14.2. The minimum absolute atomic E-state index is 0. The number of hydrogen-bond donors (Lipinski definition) is 1. The Bertz CT molecular complexity index is 1650. The SMILES string of the molecule is COc1ccc([C@H](Cc2c(Cl)c[nH+]cc2Cl)OC(=O)c2ccc(CNC(C(=O)OC[C@@H]3CCN(C)C3)c3ccccc3)s2)cc1OC.[OH-]. The number of methoxy groups -OCH3 is 2. The van der Waals surface area contributed by atoms with Gasteiger partial charge < -0.3 is 29.3 Å². The number of thiophene rings is 1. The monoisotopic (exact) mass is 715 g/mol. The summed E-state index contributed by atoms with van der Waals surface area (Å²) in [6.45, 7) is 2.67. The average molecular weight is 717 g/mol. The highest BCUT2D eigenvalue weighted by molar-refractivity contribution is 7.13. The number of halogens is 2. The molecule has 2 aromatic heterocycles. The number of carbonyl (C=O) groups excluding carboxylic acids is 2. The molecule has 0 aliphatic carbocycles. The fourth-order valence-corrected chi connectivity index (χ4v) is 6.91. The van der Waals surface area contributed by atoms with Crippen molar-refractivity contribution in [2.45, 2.75) is 31.5 Å². The van der Waals surface area contributed by atoms with Crippen molar-refractivity contribution in [2.75, 3.05) is 41.0 Å². The number of pyridine rings is 1. The van der Waals surface area contributed by atoms with Gasteiger partial charge in [0.15, 0.2) is 23.9 Å². The molecular weight excluding hydrogens is 677 g/mol. The third kappa shape index (κ3) is 9.46. The number of aromatic nitrogens is 1. The lowest BCUT2D eigenvalue weighted by molar-refractivity contribution is -0.377. The second-order valence-corrected chi connectivity index (χ2v) is 13.4. The number of H-pyrrole nitrogens is 1. The number of esters is 2. The molecule has 0 bridgehead atoms. The standard InChI is InChI=1S/C35H37Cl2N3O6S.H2O/c1-40-14-13-22(20-40)21-45-35(42)33(23-7-5-4-6-8-23)39-17-25-10-12-32(47-25)34(41)46-30(16-26-27(36)18-38-19-28(26)37)24-9-11-29(43-2)31(15-24)44-3;/h4-12,15,18-19,22,30,33,39H,13-14,16-17,20-21H2,1-3H3;1H2/t22-,30+,33?;/m1./s1. The van der Waals surface area contributed by atoms with E-state index < -0.39 is 18.1 Å². The molecule has 5 rings (SSSR count). The molecule has 0 spiro atoms. The predicted octanol–water partition coefficient (Wildman–Crippen LogP) is 6.18. The molecule has 0 radical (unpaired) electrons. The van der Waals surface area contributed by atoms with Gasteiger partial charge in [0, 0.05) is 35.9 Å². The number of carbonyl (C=O) groups is 2. The van der Waals surface area contributed by atoms with Crippen molar-refractivity contribution in [3.63, 3.8) is 0 Å². The smallest absolute Gasteiger partial charge is 0.348 e. The number of aromatic amines is 1. The lowest BCUT2D eigenvalue weighted by Crippen LogP contribution is -2.31. The normalized spacial score (nSPS) is 15.6. The van der Waals surface area contributed by atoms with E-state index in [1.165, 1.54) is 11.3 Å². The average Bonchev–Trinajstić information content (AvgIpc) is 3.74. The maximum Gasteiger partial charge on any atom is 0.348 e. The van der Waals surface area contributed by atoms with Crippen LogP contribution in [0.3, 0.4) is 0 Å². The van der Waals surface area contributed by atoms with Gasteiger partial charge in [0.05, 0.1) is 20.8 Å². The molecule has 3 atom stereocenters. The summed E-state index contributed by atoms with van der Waals surface area (Å²) in [4.78, 5) is 33.2. The van der Waals surface area contributed by atoms with Crippen LogP contribution in [0.5, 0.6) is 11.5 Å². The molecule has 0 saturated carbocycles. The van der Waals surface area contributed by atoms with Gasteiger partial charge in [-0.25, -0.2) is 14.6 Å². The minimum atomic E-state index is -0.736. The van der Waals surface area contributed by atoms with E-state index in [4.69, 9.17) is 42.1 Å². The molecule has 1 saturated heterocycles. The quantitative estimate of drug-likeness (QED) is 0.152. The molecule has 1 unspecified atom stereocenters. The van der Waals surface area contributed by atoms with Gasteiger partial charge in [0.1, 0.15) is 27.1 Å². The molecule has 256 valence electrons. The van der Waals surface area contributed by atoms with Crippen molar-refractivity contribution >= 4 is 46.5 Å². The summed E-state index contributed by atoms with van der Waals surface area (Å²) in [7, 11) is 5.17. The first-order chi connectivity index (χ1) is 22.7. The first-order valence-electron chi connectivity index (χ1n) is 15.2. The van der Waals surface area contributed by atoms with E-state index in [1.807, 2.05) is 42.5 Å². The Morgan fingerprint density at radius 2 is 1.73 bits per heavy atom. The van der Waals surface area contributed by atoms with Gasteiger partial charge in [0.25, 0.3) is 0 Å². The molecule has 4 aromatic rings. The summed E-state index contributed by atoms with van der Waals surface area (Å²) in [6.07, 6.45) is 3.76. The van der Waals surface area contributed by atoms with Gasteiger partial charge in [0.2, 0.25) is 0 Å². The van der Waals surface area contributed by atoms with Crippen LogP contribution in [-0.2, 0) is 27.2 Å². The van der Waals surface area contributed by atoms with Gasteiger partial charge in [-0.15, -0.1) is 11.3 Å². The zero-order chi connectivity index (χ0) is 33.3. The minimum Gasteiger partial charge on any atom is -0.870 e. The Morgan fingerprint density at radius 3 is 2.40 bits per heavy atom. The Kier molecular flexibility index (Phi) is 13.6. The van der Waals surface area contributed by atoms with E-state index in [2.05, 4.69) is 22.2 Å². The molecule has 2 aromatic carbocycles. The van der Waals surface area contributed by atoms with Crippen molar-refractivity contribution in [2.24, 2.45) is 5.92 Å². The highest BCUT2D eigenvalue weighted by Crippen LogP contribution is 2.36. The molecular formula is C35H39Cl2N3O7S. The largest absolute Gasteiger partial charge is 0.870 e. The second-order valence-electron chi connectivity index (χ2n) is 11.4. The number of nitrogens with one attached hydrogen (secondary N) is 2. The highest BCUT2D eigenvalue weighted by atomic mass is 35.5. The van der Waals surface area contributed by atoms with Crippen LogP contribution in [0, 0.1) is 5.92 Å². The number of likely N-dealkylation sites (tertiary alicyclic amines) is 1. The maximum atomic E-state index is 13.5. The number of nitrogens with zero attached hydrogens (tertiary/aromatic N) is 1. The van der Waals surface area contributed by atoms with Crippen LogP contribution in [0.15, 0.2) is 73.1 Å². The number of benzene rings is 2. The maximum absolute atomic E-state index is 13.5. The highest BCUT2D eigenvalue weighted by Gasteiger charge is 2.27. The van der Waals surface area contributed by atoms with Gasteiger partial charge in [-0.05, 0) is 55.4 Å². The molecule has 48 heavy (non-hydrogen) atoms. The molecule has 3 N–H and O–H groups in total. The second kappa shape index (κ2) is 17.6. The zero-order valence-electron chi connectivity index (χ0n) is 26.9. The fraction of sp³-hybridized carbons (Fsp3) is 0.343.